The minimum Gasteiger partial charge on any atom is -0.459 e. The van der Waals surface area contributed by atoms with E-state index in [0.29, 0.717) is 5.56 Å². The summed E-state index contributed by atoms with van der Waals surface area (Å²) in [7, 11) is 0. The number of nitrogens with one attached hydrogen (secondary N) is 1. The highest BCUT2D eigenvalue weighted by Gasteiger charge is 2.10. The summed E-state index contributed by atoms with van der Waals surface area (Å²) in [5.41, 5.74) is 2.42. The van der Waals surface area contributed by atoms with E-state index in [9.17, 15) is 9.90 Å². The Kier molecular flexibility index (Phi) is 14.6. The van der Waals surface area contributed by atoms with Gasteiger partial charge in [-0.2, -0.15) is 0 Å². The molecule has 2 aromatic rings. The third-order valence-corrected chi connectivity index (χ3v) is 5.87. The Labute approximate surface area is 214 Å². The van der Waals surface area contributed by atoms with E-state index >= 15 is 0 Å². The molecule has 0 bridgehead atoms. The maximum atomic E-state index is 11.9. The molecule has 0 saturated carbocycles. The first-order chi connectivity index (χ1) is 17.1. The van der Waals surface area contributed by atoms with Gasteiger partial charge >= 0.3 is 5.97 Å². The van der Waals surface area contributed by atoms with Crippen LogP contribution in [0.5, 0.6) is 0 Å². The van der Waals surface area contributed by atoms with Gasteiger partial charge in [-0.15, -0.1) is 0 Å². The van der Waals surface area contributed by atoms with Crippen LogP contribution in [0.3, 0.4) is 0 Å². The van der Waals surface area contributed by atoms with Crippen molar-refractivity contribution >= 4 is 23.3 Å². The molecule has 6 heteroatoms. The molecule has 0 saturated heterocycles. The molecule has 0 amide bonds. The van der Waals surface area contributed by atoms with Crippen LogP contribution in [-0.4, -0.2) is 42.0 Å². The minimum absolute atomic E-state index is 0.212. The molecule has 2 rings (SSSR count). The van der Waals surface area contributed by atoms with E-state index in [1.165, 1.54) is 51.4 Å². The lowest BCUT2D eigenvalue weighted by Crippen LogP contribution is -2.21. The third kappa shape index (κ3) is 13.2. The van der Waals surface area contributed by atoms with Crippen LogP contribution in [0.2, 0.25) is 5.02 Å². The second kappa shape index (κ2) is 17.8. The van der Waals surface area contributed by atoms with E-state index in [0.717, 1.165) is 35.7 Å². The molecule has 0 aromatic heterocycles. The molecule has 0 aliphatic rings. The molecule has 35 heavy (non-hydrogen) atoms. The average Bonchev–Trinajstić information content (AvgIpc) is 2.88. The van der Waals surface area contributed by atoms with Gasteiger partial charge in [-0.1, -0.05) is 68.4 Å². The van der Waals surface area contributed by atoms with Gasteiger partial charge in [-0.3, -0.25) is 0 Å². The maximum Gasteiger partial charge on any atom is 0.338 e. The number of hydrogen-bond acceptors (Lipinski definition) is 5. The fourth-order valence-corrected chi connectivity index (χ4v) is 3.66. The number of anilines is 1. The number of halogens is 1. The molecule has 0 spiro atoms. The minimum atomic E-state index is -1.04. The molecule has 0 aliphatic carbocycles. The highest BCUT2D eigenvalue weighted by Crippen LogP contribution is 2.13. The van der Waals surface area contributed by atoms with Crippen LogP contribution in [0.25, 0.3) is 0 Å². The predicted octanol–water partition coefficient (Wildman–Crippen LogP) is 6.21. The fraction of sp³-hybridized carbons (Fsp3) is 0.483. The number of aliphatic hydroxyl groups is 2. The summed E-state index contributed by atoms with van der Waals surface area (Å²) in [6.45, 7) is 0.263. The van der Waals surface area contributed by atoms with Crippen molar-refractivity contribution in [2.24, 2.45) is 0 Å². The summed E-state index contributed by atoms with van der Waals surface area (Å²) in [5.74, 6) is 5.93. The molecule has 0 fully saturated rings. The summed E-state index contributed by atoms with van der Waals surface area (Å²) in [5, 5.41) is 22.1. The van der Waals surface area contributed by atoms with E-state index < -0.39 is 18.7 Å². The standard InChI is InChI=1S/C29H38ClNO4/c30-26-17-13-24(14-18-26)12-10-8-6-4-2-1-3-5-7-9-11-21-31-27-19-15-25(16-20-27)29(34)35-23-28(33)22-32/h13-20,28,31-33H,1-9,11,21-23H2. The smallest absolute Gasteiger partial charge is 0.338 e. The van der Waals surface area contributed by atoms with E-state index in [4.69, 9.17) is 21.4 Å². The fourth-order valence-electron chi connectivity index (χ4n) is 3.54. The monoisotopic (exact) mass is 499 g/mol. The molecule has 1 atom stereocenters. The summed E-state index contributed by atoms with van der Waals surface area (Å²) in [6.07, 6.45) is 11.1. The van der Waals surface area contributed by atoms with E-state index in [2.05, 4.69) is 17.2 Å². The first-order valence-corrected chi connectivity index (χ1v) is 13.0. The van der Waals surface area contributed by atoms with Crippen molar-refractivity contribution < 1.29 is 19.7 Å². The Hall–Kier alpha value is -2.52. The topological polar surface area (TPSA) is 78.8 Å². The van der Waals surface area contributed by atoms with Gasteiger partial charge in [0.2, 0.25) is 0 Å². The predicted molar refractivity (Wildman–Crippen MR) is 143 cm³/mol. The van der Waals surface area contributed by atoms with E-state index in [-0.39, 0.29) is 6.61 Å². The quantitative estimate of drug-likeness (QED) is 0.145. The molecule has 3 N–H and O–H groups in total. The Balaban J connectivity index is 1.41. The first-order valence-electron chi connectivity index (χ1n) is 12.6. The average molecular weight is 500 g/mol. The first kappa shape index (κ1) is 28.7. The summed E-state index contributed by atoms with van der Waals surface area (Å²) < 4.78 is 4.94. The van der Waals surface area contributed by atoms with Crippen molar-refractivity contribution in [3.63, 3.8) is 0 Å². The molecule has 5 nitrogen and oxygen atoms in total. The zero-order chi connectivity index (χ0) is 25.1. The van der Waals surface area contributed by atoms with Gasteiger partial charge in [0.15, 0.2) is 0 Å². The number of carbonyl (C=O) groups is 1. The molecule has 190 valence electrons. The van der Waals surface area contributed by atoms with Crippen LogP contribution in [-0.2, 0) is 4.74 Å². The number of aliphatic hydroxyl groups excluding tert-OH is 2. The van der Waals surface area contributed by atoms with Crippen LogP contribution >= 0.6 is 11.6 Å². The van der Waals surface area contributed by atoms with Crippen molar-refractivity contribution in [1.29, 1.82) is 0 Å². The van der Waals surface area contributed by atoms with Crippen molar-refractivity contribution in [3.8, 4) is 11.8 Å². The van der Waals surface area contributed by atoms with Crippen LogP contribution in [0, 0.1) is 11.8 Å². The number of ether oxygens (including phenoxy) is 1. The highest BCUT2D eigenvalue weighted by molar-refractivity contribution is 6.30. The molecule has 1 unspecified atom stereocenters. The molecule has 0 radical (unpaired) electrons. The molecular weight excluding hydrogens is 462 g/mol. The van der Waals surface area contributed by atoms with E-state index in [1.54, 1.807) is 12.1 Å². The highest BCUT2D eigenvalue weighted by atomic mass is 35.5. The summed E-state index contributed by atoms with van der Waals surface area (Å²) in [4.78, 5) is 11.9. The largest absolute Gasteiger partial charge is 0.459 e. The number of unbranched alkanes of at least 4 members (excludes halogenated alkanes) is 9. The van der Waals surface area contributed by atoms with Crippen molar-refractivity contribution in [3.05, 3.63) is 64.7 Å². The summed E-state index contributed by atoms with van der Waals surface area (Å²) >= 11 is 5.88. The van der Waals surface area contributed by atoms with Gasteiger partial charge in [-0.05, 0) is 61.4 Å². The molecule has 2 aromatic carbocycles. The van der Waals surface area contributed by atoms with Crippen LogP contribution in [0.4, 0.5) is 5.69 Å². The SMILES string of the molecule is O=C(OCC(O)CO)c1ccc(NCCCCCCCCCCCC#Cc2ccc(Cl)cc2)cc1. The van der Waals surface area contributed by atoms with Gasteiger partial charge in [0.25, 0.3) is 0 Å². The lowest BCUT2D eigenvalue weighted by molar-refractivity contribution is 0.00933. The molecular formula is C29H38ClNO4. The lowest BCUT2D eigenvalue weighted by Gasteiger charge is -2.10. The Morgan fingerprint density at radius 3 is 2.11 bits per heavy atom. The third-order valence-electron chi connectivity index (χ3n) is 5.62. The van der Waals surface area contributed by atoms with Crippen molar-refractivity contribution in [1.82, 2.24) is 0 Å². The number of carbonyl (C=O) groups excluding carboxylic acids is 1. The molecule has 0 heterocycles. The maximum absolute atomic E-state index is 11.9. The number of hydrogen-bond donors (Lipinski definition) is 3. The number of benzene rings is 2. The second-order valence-corrected chi connectivity index (χ2v) is 9.12. The number of rotatable bonds is 16. The van der Waals surface area contributed by atoms with Crippen LogP contribution in [0.15, 0.2) is 48.5 Å². The van der Waals surface area contributed by atoms with Gasteiger partial charge in [0, 0.05) is 29.2 Å². The van der Waals surface area contributed by atoms with Crippen LogP contribution in [0.1, 0.15) is 80.1 Å². The van der Waals surface area contributed by atoms with E-state index in [1.807, 2.05) is 36.4 Å². The Morgan fingerprint density at radius 1 is 0.886 bits per heavy atom. The number of esters is 1. The Bertz CT molecular complexity index is 903. The summed E-state index contributed by atoms with van der Waals surface area (Å²) in [6, 6.07) is 14.8. The van der Waals surface area contributed by atoms with Gasteiger partial charge in [0.1, 0.15) is 12.7 Å². The zero-order valence-corrected chi connectivity index (χ0v) is 21.2. The lowest BCUT2D eigenvalue weighted by atomic mass is 10.1. The zero-order valence-electron chi connectivity index (χ0n) is 20.5. The van der Waals surface area contributed by atoms with Gasteiger partial charge in [0.05, 0.1) is 12.2 Å². The van der Waals surface area contributed by atoms with Gasteiger partial charge in [-0.25, -0.2) is 4.79 Å². The van der Waals surface area contributed by atoms with Gasteiger partial charge < -0.3 is 20.3 Å². The normalized spacial score (nSPS) is 11.4. The van der Waals surface area contributed by atoms with Crippen molar-refractivity contribution in [2.75, 3.05) is 25.1 Å². The van der Waals surface area contributed by atoms with Crippen molar-refractivity contribution in [2.45, 2.75) is 70.3 Å². The Morgan fingerprint density at radius 2 is 1.49 bits per heavy atom. The second-order valence-electron chi connectivity index (χ2n) is 8.68. The molecule has 0 aliphatic heterocycles. The van der Waals surface area contributed by atoms with Crippen LogP contribution < -0.4 is 5.32 Å².